The molecule has 0 radical (unpaired) electrons. The van der Waals surface area contributed by atoms with E-state index in [-0.39, 0.29) is 11.8 Å². The van der Waals surface area contributed by atoms with Crippen molar-refractivity contribution in [3.05, 3.63) is 48.3 Å². The predicted molar refractivity (Wildman–Crippen MR) is 89.5 cm³/mol. The zero-order valence-electron chi connectivity index (χ0n) is 14.0. The van der Waals surface area contributed by atoms with E-state index in [0.29, 0.717) is 25.3 Å². The number of aromatic nitrogens is 2. The SMILES string of the molecule is CC12CC(c3ccccc3O1)C(C(N)=O)C(=O)N2CCn1cccn1. The highest BCUT2D eigenvalue weighted by atomic mass is 16.5. The third-order valence-corrected chi connectivity index (χ3v) is 5.17. The predicted octanol–water partition coefficient (Wildman–Crippen LogP) is 1.11. The van der Waals surface area contributed by atoms with Gasteiger partial charge in [0.05, 0.1) is 6.54 Å². The van der Waals surface area contributed by atoms with Crippen molar-refractivity contribution in [1.29, 1.82) is 0 Å². The van der Waals surface area contributed by atoms with Crippen LogP contribution in [0.3, 0.4) is 0 Å². The summed E-state index contributed by atoms with van der Waals surface area (Å²) in [5.41, 5.74) is 5.68. The Bertz CT molecular complexity index is 819. The van der Waals surface area contributed by atoms with E-state index < -0.39 is 17.6 Å². The second-order valence-corrected chi connectivity index (χ2v) is 6.76. The number of likely N-dealkylation sites (tertiary alicyclic amines) is 1. The van der Waals surface area contributed by atoms with Crippen LogP contribution in [-0.2, 0) is 16.1 Å². The lowest BCUT2D eigenvalue weighted by Gasteiger charge is -2.52. The number of nitrogens with zero attached hydrogens (tertiary/aromatic N) is 3. The number of carbonyl (C=O) groups is 2. The second-order valence-electron chi connectivity index (χ2n) is 6.76. The number of para-hydroxylation sites is 1. The average molecular weight is 340 g/mol. The largest absolute Gasteiger partial charge is 0.468 e. The molecule has 3 unspecified atom stereocenters. The Hall–Kier alpha value is -2.83. The van der Waals surface area contributed by atoms with Gasteiger partial charge in [-0.15, -0.1) is 0 Å². The normalized spacial score (nSPS) is 27.6. The van der Waals surface area contributed by atoms with E-state index in [4.69, 9.17) is 10.5 Å². The standard InChI is InChI=1S/C18H20N4O3/c1-18-11-13(12-5-2-3-6-14(12)25-18)15(16(19)23)17(24)22(18)10-9-21-8-4-7-20-21/h2-8,13,15H,9-11H2,1H3,(H2,19,23). The molecule has 2 N–H and O–H groups in total. The molecule has 4 rings (SSSR count). The van der Waals surface area contributed by atoms with Crippen LogP contribution in [0, 0.1) is 5.92 Å². The van der Waals surface area contributed by atoms with Crippen molar-refractivity contribution < 1.29 is 14.3 Å². The van der Waals surface area contributed by atoms with Gasteiger partial charge in [0.2, 0.25) is 11.8 Å². The summed E-state index contributed by atoms with van der Waals surface area (Å²) < 4.78 is 7.94. The smallest absolute Gasteiger partial charge is 0.238 e. The molecule has 130 valence electrons. The van der Waals surface area contributed by atoms with Gasteiger partial charge in [-0.2, -0.15) is 5.10 Å². The highest BCUT2D eigenvalue weighted by molar-refractivity contribution is 6.01. The van der Waals surface area contributed by atoms with Crippen LogP contribution in [-0.4, -0.2) is 38.8 Å². The Morgan fingerprint density at radius 2 is 2.16 bits per heavy atom. The molecule has 1 fully saturated rings. The van der Waals surface area contributed by atoms with E-state index in [2.05, 4.69) is 5.10 Å². The summed E-state index contributed by atoms with van der Waals surface area (Å²) in [4.78, 5) is 26.8. The van der Waals surface area contributed by atoms with Gasteiger partial charge in [-0.25, -0.2) is 0 Å². The summed E-state index contributed by atoms with van der Waals surface area (Å²) in [5, 5.41) is 4.16. The van der Waals surface area contributed by atoms with Crippen molar-refractivity contribution in [1.82, 2.24) is 14.7 Å². The van der Waals surface area contributed by atoms with E-state index in [0.717, 1.165) is 5.56 Å². The van der Waals surface area contributed by atoms with Crippen LogP contribution in [0.25, 0.3) is 0 Å². The quantitative estimate of drug-likeness (QED) is 0.844. The third-order valence-electron chi connectivity index (χ3n) is 5.17. The summed E-state index contributed by atoms with van der Waals surface area (Å²) >= 11 is 0. The number of hydrogen-bond donors (Lipinski definition) is 1. The molecule has 3 heterocycles. The van der Waals surface area contributed by atoms with Gasteiger partial charge >= 0.3 is 0 Å². The van der Waals surface area contributed by atoms with Gasteiger partial charge in [0.1, 0.15) is 11.7 Å². The van der Waals surface area contributed by atoms with Crippen LogP contribution in [0.5, 0.6) is 5.75 Å². The third kappa shape index (κ3) is 2.47. The summed E-state index contributed by atoms with van der Waals surface area (Å²) in [7, 11) is 0. The molecule has 2 aliphatic rings. The van der Waals surface area contributed by atoms with Gasteiger partial charge in [-0.05, 0) is 24.6 Å². The molecular weight excluding hydrogens is 320 g/mol. The highest BCUT2D eigenvalue weighted by Crippen LogP contribution is 2.49. The maximum Gasteiger partial charge on any atom is 0.238 e. The molecule has 3 atom stereocenters. The van der Waals surface area contributed by atoms with Crippen molar-refractivity contribution in [2.45, 2.75) is 31.5 Å². The fraction of sp³-hybridized carbons (Fsp3) is 0.389. The minimum atomic E-state index is -0.865. The van der Waals surface area contributed by atoms with Crippen LogP contribution < -0.4 is 10.5 Å². The lowest BCUT2D eigenvalue weighted by molar-refractivity contribution is -0.175. The van der Waals surface area contributed by atoms with Crippen LogP contribution in [0.15, 0.2) is 42.7 Å². The molecule has 0 saturated carbocycles. The second kappa shape index (κ2) is 5.61. The van der Waals surface area contributed by atoms with Gasteiger partial charge < -0.3 is 15.4 Å². The van der Waals surface area contributed by atoms with Crippen molar-refractivity contribution in [2.24, 2.45) is 11.7 Å². The van der Waals surface area contributed by atoms with Crippen molar-refractivity contribution >= 4 is 11.8 Å². The number of primary amides is 1. The van der Waals surface area contributed by atoms with Crippen LogP contribution >= 0.6 is 0 Å². The topological polar surface area (TPSA) is 90.5 Å². The molecule has 2 aliphatic heterocycles. The first-order chi connectivity index (χ1) is 12.0. The number of nitrogens with two attached hydrogens (primary N) is 1. The Morgan fingerprint density at radius 1 is 1.36 bits per heavy atom. The maximum atomic E-state index is 13.1. The van der Waals surface area contributed by atoms with Gasteiger partial charge in [0.15, 0.2) is 5.72 Å². The molecule has 7 nitrogen and oxygen atoms in total. The molecule has 0 aliphatic carbocycles. The van der Waals surface area contributed by atoms with E-state index >= 15 is 0 Å². The number of fused-ring (bicyclic) bond motifs is 4. The number of ether oxygens (including phenoxy) is 1. The summed E-state index contributed by atoms with van der Waals surface area (Å²) in [6, 6.07) is 9.38. The Labute approximate surface area is 145 Å². The molecular formula is C18H20N4O3. The fourth-order valence-corrected chi connectivity index (χ4v) is 4.01. The lowest BCUT2D eigenvalue weighted by Crippen LogP contribution is -2.65. The van der Waals surface area contributed by atoms with E-state index in [1.807, 2.05) is 43.5 Å². The van der Waals surface area contributed by atoms with E-state index in [1.165, 1.54) is 0 Å². The first kappa shape index (κ1) is 15.7. The van der Waals surface area contributed by atoms with Crippen LogP contribution in [0.1, 0.15) is 24.8 Å². The van der Waals surface area contributed by atoms with Gasteiger partial charge in [0.25, 0.3) is 0 Å². The molecule has 2 amide bonds. The number of carbonyl (C=O) groups excluding carboxylic acids is 2. The maximum absolute atomic E-state index is 13.1. The summed E-state index contributed by atoms with van der Waals surface area (Å²) in [5.74, 6) is -1.26. The zero-order valence-corrected chi connectivity index (χ0v) is 14.0. The fourth-order valence-electron chi connectivity index (χ4n) is 4.01. The lowest BCUT2D eigenvalue weighted by atomic mass is 9.73. The minimum absolute atomic E-state index is 0.249. The first-order valence-electron chi connectivity index (χ1n) is 8.36. The molecule has 1 aromatic carbocycles. The van der Waals surface area contributed by atoms with Gasteiger partial charge in [-0.3, -0.25) is 14.3 Å². The Balaban J connectivity index is 1.71. The Kier molecular flexibility index (Phi) is 3.52. The van der Waals surface area contributed by atoms with Crippen LogP contribution in [0.4, 0.5) is 0 Å². The summed E-state index contributed by atoms with van der Waals surface area (Å²) in [6.07, 6.45) is 4.07. The monoisotopic (exact) mass is 340 g/mol. The first-order valence-corrected chi connectivity index (χ1v) is 8.36. The minimum Gasteiger partial charge on any atom is -0.468 e. The van der Waals surface area contributed by atoms with E-state index in [9.17, 15) is 9.59 Å². The summed E-state index contributed by atoms with van der Waals surface area (Å²) in [6.45, 7) is 2.82. The molecule has 1 saturated heterocycles. The number of hydrogen-bond acceptors (Lipinski definition) is 4. The molecule has 0 spiro atoms. The average Bonchev–Trinajstić information content (AvgIpc) is 3.07. The molecule has 25 heavy (non-hydrogen) atoms. The number of rotatable bonds is 4. The van der Waals surface area contributed by atoms with E-state index in [1.54, 1.807) is 15.8 Å². The zero-order chi connectivity index (χ0) is 17.6. The van der Waals surface area contributed by atoms with Gasteiger partial charge in [-0.1, -0.05) is 18.2 Å². The Morgan fingerprint density at radius 3 is 2.88 bits per heavy atom. The van der Waals surface area contributed by atoms with Gasteiger partial charge in [0, 0.05) is 31.3 Å². The van der Waals surface area contributed by atoms with Crippen molar-refractivity contribution in [2.75, 3.05) is 6.54 Å². The highest BCUT2D eigenvalue weighted by Gasteiger charge is 2.55. The van der Waals surface area contributed by atoms with Crippen molar-refractivity contribution in [3.8, 4) is 5.75 Å². The number of piperidine rings is 1. The molecule has 2 aromatic rings. The molecule has 2 bridgehead atoms. The van der Waals surface area contributed by atoms with Crippen LogP contribution in [0.2, 0.25) is 0 Å². The number of benzene rings is 1. The molecule has 1 aromatic heterocycles. The van der Waals surface area contributed by atoms with Crippen molar-refractivity contribution in [3.63, 3.8) is 0 Å². The molecule has 7 heteroatoms. The number of amides is 2.